The monoisotopic (exact) mass is 197 g/mol. The topological polar surface area (TPSA) is 53.1 Å². The molecular formula is C10H19N3O. The number of ether oxygens (including phenoxy) is 1. The Hall–Kier alpha value is -0.870. The summed E-state index contributed by atoms with van der Waals surface area (Å²) in [6.45, 7) is 6.51. The van der Waals surface area contributed by atoms with Gasteiger partial charge in [0.1, 0.15) is 0 Å². The molecule has 0 saturated heterocycles. The van der Waals surface area contributed by atoms with Gasteiger partial charge < -0.3 is 10.5 Å². The van der Waals surface area contributed by atoms with Crippen molar-refractivity contribution in [3.63, 3.8) is 0 Å². The molecule has 0 spiro atoms. The Morgan fingerprint density at radius 1 is 1.57 bits per heavy atom. The van der Waals surface area contributed by atoms with E-state index in [2.05, 4.69) is 5.10 Å². The van der Waals surface area contributed by atoms with Crippen molar-refractivity contribution in [1.82, 2.24) is 9.78 Å². The summed E-state index contributed by atoms with van der Waals surface area (Å²) >= 11 is 0. The summed E-state index contributed by atoms with van der Waals surface area (Å²) in [5.74, 6) is 0. The van der Waals surface area contributed by atoms with Crippen LogP contribution < -0.4 is 5.73 Å². The smallest absolute Gasteiger partial charge is 0.0664 e. The van der Waals surface area contributed by atoms with Crippen LogP contribution in [0.4, 0.5) is 0 Å². The van der Waals surface area contributed by atoms with Crippen molar-refractivity contribution in [2.75, 3.05) is 6.61 Å². The average Bonchev–Trinajstić information content (AvgIpc) is 2.41. The fourth-order valence-electron chi connectivity index (χ4n) is 1.37. The molecule has 1 atom stereocenters. The van der Waals surface area contributed by atoms with Crippen LogP contribution in [-0.2, 0) is 11.8 Å². The second-order valence-electron chi connectivity index (χ2n) is 3.83. The minimum Gasteiger partial charge on any atom is -0.377 e. The summed E-state index contributed by atoms with van der Waals surface area (Å²) in [4.78, 5) is 0. The second-order valence-corrected chi connectivity index (χ2v) is 3.83. The van der Waals surface area contributed by atoms with Crippen LogP contribution in [0.15, 0.2) is 6.20 Å². The van der Waals surface area contributed by atoms with E-state index in [1.54, 1.807) is 4.68 Å². The molecule has 1 rings (SSSR count). The number of aryl methyl sites for hydroxylation is 2. The molecule has 1 aromatic heterocycles. The zero-order valence-electron chi connectivity index (χ0n) is 9.32. The largest absolute Gasteiger partial charge is 0.377 e. The third-order valence-electron chi connectivity index (χ3n) is 2.06. The van der Waals surface area contributed by atoms with E-state index in [1.807, 2.05) is 34.0 Å². The van der Waals surface area contributed by atoms with E-state index in [0.717, 1.165) is 11.3 Å². The minimum atomic E-state index is -0.0777. The highest BCUT2D eigenvalue weighted by molar-refractivity contribution is 5.19. The Bertz CT molecular complexity index is 294. The molecule has 1 unspecified atom stereocenters. The highest BCUT2D eigenvalue weighted by atomic mass is 16.5. The zero-order valence-corrected chi connectivity index (χ0v) is 9.32. The molecule has 2 N–H and O–H groups in total. The maximum atomic E-state index is 5.98. The standard InChI is InChI=1S/C10H19N3O/c1-7(2)14-6-10(11)9-5-13(4)12-8(9)3/h5,7,10H,6,11H2,1-4H3. The minimum absolute atomic E-state index is 0.0777. The van der Waals surface area contributed by atoms with Gasteiger partial charge in [-0.25, -0.2) is 0 Å². The van der Waals surface area contributed by atoms with Gasteiger partial charge in [0.2, 0.25) is 0 Å². The molecular weight excluding hydrogens is 178 g/mol. The maximum absolute atomic E-state index is 5.98. The van der Waals surface area contributed by atoms with Gasteiger partial charge in [-0.3, -0.25) is 4.68 Å². The van der Waals surface area contributed by atoms with Gasteiger partial charge >= 0.3 is 0 Å². The predicted molar refractivity (Wildman–Crippen MR) is 56.0 cm³/mol. The molecule has 0 fully saturated rings. The summed E-state index contributed by atoms with van der Waals surface area (Å²) in [7, 11) is 1.90. The first-order valence-electron chi connectivity index (χ1n) is 4.88. The van der Waals surface area contributed by atoms with Crippen molar-refractivity contribution in [1.29, 1.82) is 0 Å². The molecule has 4 nitrogen and oxygen atoms in total. The van der Waals surface area contributed by atoms with Crippen LogP contribution in [0, 0.1) is 6.92 Å². The van der Waals surface area contributed by atoms with E-state index in [4.69, 9.17) is 10.5 Å². The van der Waals surface area contributed by atoms with Crippen molar-refractivity contribution in [3.8, 4) is 0 Å². The summed E-state index contributed by atoms with van der Waals surface area (Å²) < 4.78 is 7.24. The first-order chi connectivity index (χ1) is 6.50. The zero-order chi connectivity index (χ0) is 10.7. The lowest BCUT2D eigenvalue weighted by Crippen LogP contribution is -2.19. The first-order valence-corrected chi connectivity index (χ1v) is 4.88. The third kappa shape index (κ3) is 2.82. The fourth-order valence-corrected chi connectivity index (χ4v) is 1.37. The van der Waals surface area contributed by atoms with Gasteiger partial charge in [-0.15, -0.1) is 0 Å². The number of hydrogen-bond acceptors (Lipinski definition) is 3. The lowest BCUT2D eigenvalue weighted by atomic mass is 10.1. The highest BCUT2D eigenvalue weighted by Crippen LogP contribution is 2.14. The summed E-state index contributed by atoms with van der Waals surface area (Å²) in [5.41, 5.74) is 8.02. The third-order valence-corrected chi connectivity index (χ3v) is 2.06. The molecule has 14 heavy (non-hydrogen) atoms. The van der Waals surface area contributed by atoms with Crippen molar-refractivity contribution in [3.05, 3.63) is 17.5 Å². The fraction of sp³-hybridized carbons (Fsp3) is 0.700. The van der Waals surface area contributed by atoms with Gasteiger partial charge in [0, 0.05) is 18.8 Å². The molecule has 0 aliphatic carbocycles. The van der Waals surface area contributed by atoms with Gasteiger partial charge in [-0.05, 0) is 20.8 Å². The molecule has 80 valence electrons. The molecule has 1 aromatic rings. The van der Waals surface area contributed by atoms with Crippen molar-refractivity contribution in [2.45, 2.75) is 32.9 Å². The van der Waals surface area contributed by atoms with Gasteiger partial charge in [0.15, 0.2) is 0 Å². The number of hydrogen-bond donors (Lipinski definition) is 1. The highest BCUT2D eigenvalue weighted by Gasteiger charge is 2.12. The van der Waals surface area contributed by atoms with E-state index in [0.29, 0.717) is 6.61 Å². The number of nitrogens with zero attached hydrogens (tertiary/aromatic N) is 2. The van der Waals surface area contributed by atoms with Gasteiger partial charge in [0.25, 0.3) is 0 Å². The second kappa shape index (κ2) is 4.57. The van der Waals surface area contributed by atoms with E-state index >= 15 is 0 Å². The number of rotatable bonds is 4. The summed E-state index contributed by atoms with van der Waals surface area (Å²) in [6, 6.07) is -0.0777. The van der Waals surface area contributed by atoms with E-state index in [9.17, 15) is 0 Å². The van der Waals surface area contributed by atoms with Crippen molar-refractivity contribution < 1.29 is 4.74 Å². The van der Waals surface area contributed by atoms with E-state index in [1.165, 1.54) is 0 Å². The SMILES string of the molecule is Cc1nn(C)cc1C(N)COC(C)C. The van der Waals surface area contributed by atoms with Crippen LogP contribution in [0.5, 0.6) is 0 Å². The van der Waals surface area contributed by atoms with E-state index in [-0.39, 0.29) is 12.1 Å². The summed E-state index contributed by atoms with van der Waals surface area (Å²) in [5, 5.41) is 4.24. The number of aromatic nitrogens is 2. The molecule has 0 saturated carbocycles. The maximum Gasteiger partial charge on any atom is 0.0664 e. The van der Waals surface area contributed by atoms with Crippen LogP contribution in [0.25, 0.3) is 0 Å². The molecule has 0 aromatic carbocycles. The van der Waals surface area contributed by atoms with Gasteiger partial charge in [0.05, 0.1) is 24.4 Å². The number of nitrogens with two attached hydrogens (primary N) is 1. The molecule has 0 bridgehead atoms. The first kappa shape index (κ1) is 11.2. The molecule has 0 aliphatic rings. The average molecular weight is 197 g/mol. The Kier molecular flexibility index (Phi) is 3.66. The molecule has 4 heteroatoms. The Morgan fingerprint density at radius 2 is 2.21 bits per heavy atom. The Balaban J connectivity index is 2.60. The molecule has 1 heterocycles. The Morgan fingerprint density at radius 3 is 2.64 bits per heavy atom. The lowest BCUT2D eigenvalue weighted by Gasteiger charge is -2.13. The van der Waals surface area contributed by atoms with Gasteiger partial charge in [-0.2, -0.15) is 5.10 Å². The van der Waals surface area contributed by atoms with Crippen LogP contribution in [0.2, 0.25) is 0 Å². The molecule has 0 aliphatic heterocycles. The van der Waals surface area contributed by atoms with Crippen LogP contribution in [0.1, 0.15) is 31.1 Å². The van der Waals surface area contributed by atoms with Crippen LogP contribution in [0.3, 0.4) is 0 Å². The normalized spacial score (nSPS) is 13.6. The van der Waals surface area contributed by atoms with Crippen LogP contribution in [-0.4, -0.2) is 22.5 Å². The van der Waals surface area contributed by atoms with Crippen molar-refractivity contribution in [2.24, 2.45) is 12.8 Å². The van der Waals surface area contributed by atoms with E-state index < -0.39 is 0 Å². The Labute approximate surface area is 85.0 Å². The van der Waals surface area contributed by atoms with Crippen molar-refractivity contribution >= 4 is 0 Å². The summed E-state index contributed by atoms with van der Waals surface area (Å²) in [6.07, 6.45) is 2.17. The quantitative estimate of drug-likeness (QED) is 0.788. The molecule has 0 radical (unpaired) electrons. The molecule has 0 amide bonds. The predicted octanol–water partition coefficient (Wildman–Crippen LogP) is 1.15. The lowest BCUT2D eigenvalue weighted by molar-refractivity contribution is 0.0682. The van der Waals surface area contributed by atoms with Gasteiger partial charge in [-0.1, -0.05) is 0 Å². The van der Waals surface area contributed by atoms with Crippen LogP contribution >= 0.6 is 0 Å².